The zero-order valence-corrected chi connectivity index (χ0v) is 15.5. The molecule has 12 heteroatoms. The van der Waals surface area contributed by atoms with Gasteiger partial charge in [0.15, 0.2) is 5.75 Å². The van der Waals surface area contributed by atoms with E-state index in [-0.39, 0.29) is 17.1 Å². The summed E-state index contributed by atoms with van der Waals surface area (Å²) in [7, 11) is 0. The number of aromatic nitrogens is 3. The Labute approximate surface area is 165 Å². The van der Waals surface area contributed by atoms with Gasteiger partial charge < -0.3 is 9.15 Å². The fourth-order valence-corrected chi connectivity index (χ4v) is 2.69. The lowest BCUT2D eigenvalue weighted by Crippen LogP contribution is -2.12. The Balaban J connectivity index is 1.73. The van der Waals surface area contributed by atoms with Crippen molar-refractivity contribution in [2.75, 3.05) is 0 Å². The van der Waals surface area contributed by atoms with Gasteiger partial charge in [0.25, 0.3) is 5.82 Å². The van der Waals surface area contributed by atoms with Crippen LogP contribution in [0.5, 0.6) is 5.75 Å². The standard InChI is InChI=1S/C15H9Cl2F3N4O2S/c16-10-2-1-3-11(17)12(10)25-7-9-5-4-8(26-9)6-21-24-13(15(18,19)20)22-23-14(24)27/h1-6H,7H2,(H,23,27)/b21-6+. The highest BCUT2D eigenvalue weighted by Crippen LogP contribution is 2.33. The Morgan fingerprint density at radius 1 is 1.26 bits per heavy atom. The molecule has 0 fully saturated rings. The number of para-hydroxylation sites is 1. The van der Waals surface area contributed by atoms with E-state index in [1.807, 2.05) is 0 Å². The molecule has 0 radical (unpaired) electrons. The quantitative estimate of drug-likeness (QED) is 0.434. The van der Waals surface area contributed by atoms with Gasteiger partial charge in [-0.05, 0) is 36.5 Å². The van der Waals surface area contributed by atoms with Crippen molar-refractivity contribution in [1.29, 1.82) is 0 Å². The number of nitrogens with one attached hydrogen (secondary N) is 1. The van der Waals surface area contributed by atoms with Crippen molar-refractivity contribution in [3.8, 4) is 5.75 Å². The summed E-state index contributed by atoms with van der Waals surface area (Å²) in [6, 6.07) is 8.00. The van der Waals surface area contributed by atoms with E-state index in [0.29, 0.717) is 26.2 Å². The molecule has 3 rings (SSSR count). The van der Waals surface area contributed by atoms with E-state index in [1.54, 1.807) is 24.3 Å². The highest BCUT2D eigenvalue weighted by molar-refractivity contribution is 7.71. The van der Waals surface area contributed by atoms with Crippen LogP contribution in [0, 0.1) is 4.77 Å². The molecule has 0 aliphatic rings. The van der Waals surface area contributed by atoms with Crippen LogP contribution in [0.3, 0.4) is 0 Å². The maximum atomic E-state index is 12.8. The van der Waals surface area contributed by atoms with Gasteiger partial charge in [-0.1, -0.05) is 29.3 Å². The minimum Gasteiger partial charge on any atom is -0.483 e. The first-order valence-electron chi connectivity index (χ1n) is 7.20. The first-order chi connectivity index (χ1) is 12.8. The lowest BCUT2D eigenvalue weighted by atomic mass is 10.3. The molecule has 1 aromatic carbocycles. The second kappa shape index (κ2) is 7.75. The summed E-state index contributed by atoms with van der Waals surface area (Å²) in [5.74, 6) is -0.395. The highest BCUT2D eigenvalue weighted by atomic mass is 35.5. The molecule has 2 heterocycles. The van der Waals surface area contributed by atoms with E-state index in [2.05, 4.69) is 15.3 Å². The molecule has 6 nitrogen and oxygen atoms in total. The molecule has 27 heavy (non-hydrogen) atoms. The summed E-state index contributed by atoms with van der Waals surface area (Å²) in [6.45, 7) is 0.0102. The molecule has 0 saturated heterocycles. The third kappa shape index (κ3) is 4.52. The van der Waals surface area contributed by atoms with Gasteiger partial charge in [-0.25, -0.2) is 5.10 Å². The van der Waals surface area contributed by atoms with Crippen LogP contribution < -0.4 is 4.74 Å². The van der Waals surface area contributed by atoms with Crippen LogP contribution in [0.15, 0.2) is 39.9 Å². The molecular formula is C15H9Cl2F3N4O2S. The number of rotatable bonds is 5. The molecule has 3 aromatic rings. The number of hydrogen-bond acceptors (Lipinski definition) is 5. The molecule has 0 spiro atoms. The van der Waals surface area contributed by atoms with Crippen LogP contribution in [0.4, 0.5) is 13.2 Å². The number of ether oxygens (including phenoxy) is 1. The van der Waals surface area contributed by atoms with E-state index in [0.717, 1.165) is 6.21 Å². The molecule has 0 amide bonds. The summed E-state index contributed by atoms with van der Waals surface area (Å²) < 4.78 is 49.6. The van der Waals surface area contributed by atoms with Crippen LogP contribution in [-0.2, 0) is 12.8 Å². The van der Waals surface area contributed by atoms with Gasteiger partial charge in [-0.3, -0.25) is 0 Å². The van der Waals surface area contributed by atoms with E-state index >= 15 is 0 Å². The van der Waals surface area contributed by atoms with Gasteiger partial charge >= 0.3 is 6.18 Å². The van der Waals surface area contributed by atoms with E-state index < -0.39 is 12.0 Å². The molecule has 0 aliphatic heterocycles. The second-order valence-electron chi connectivity index (χ2n) is 5.05. The molecule has 0 unspecified atom stereocenters. The van der Waals surface area contributed by atoms with Crippen molar-refractivity contribution in [2.24, 2.45) is 5.10 Å². The number of benzene rings is 1. The van der Waals surface area contributed by atoms with Crippen molar-refractivity contribution in [3.05, 3.63) is 62.5 Å². The van der Waals surface area contributed by atoms with Gasteiger partial charge in [-0.2, -0.15) is 22.9 Å². The molecule has 142 valence electrons. The molecule has 0 saturated carbocycles. The number of hydrogen-bond donors (Lipinski definition) is 1. The summed E-state index contributed by atoms with van der Waals surface area (Å²) in [4.78, 5) is 0. The molecule has 0 atom stereocenters. The molecule has 0 aliphatic carbocycles. The number of alkyl halides is 3. The van der Waals surface area contributed by atoms with Gasteiger partial charge in [0.2, 0.25) is 4.77 Å². The molecule has 1 N–H and O–H groups in total. The second-order valence-corrected chi connectivity index (χ2v) is 6.25. The fourth-order valence-electron chi connectivity index (χ4n) is 2.00. The summed E-state index contributed by atoms with van der Waals surface area (Å²) >= 11 is 16.7. The molecule has 2 aromatic heterocycles. The monoisotopic (exact) mass is 436 g/mol. The fraction of sp³-hybridized carbons (Fsp3) is 0.133. The Kier molecular flexibility index (Phi) is 5.59. The molecular weight excluding hydrogens is 428 g/mol. The van der Waals surface area contributed by atoms with Crippen molar-refractivity contribution in [1.82, 2.24) is 14.9 Å². The van der Waals surface area contributed by atoms with E-state index in [1.165, 1.54) is 6.07 Å². The van der Waals surface area contributed by atoms with Gasteiger partial charge in [0.05, 0.1) is 16.3 Å². The topological polar surface area (TPSA) is 68.3 Å². The minimum absolute atomic E-state index is 0.0102. The number of nitrogens with zero attached hydrogens (tertiary/aromatic N) is 3. The number of furan rings is 1. The predicted molar refractivity (Wildman–Crippen MR) is 94.9 cm³/mol. The number of halogens is 5. The summed E-state index contributed by atoms with van der Waals surface area (Å²) in [5, 5.41) is 9.49. The zero-order chi connectivity index (χ0) is 19.6. The van der Waals surface area contributed by atoms with Crippen LogP contribution in [0.2, 0.25) is 10.0 Å². The van der Waals surface area contributed by atoms with Crippen LogP contribution in [-0.4, -0.2) is 21.1 Å². The Morgan fingerprint density at radius 2 is 1.96 bits per heavy atom. The largest absolute Gasteiger partial charge is 0.483 e. The maximum absolute atomic E-state index is 12.8. The highest BCUT2D eigenvalue weighted by Gasteiger charge is 2.37. The van der Waals surface area contributed by atoms with Gasteiger partial charge in [0.1, 0.15) is 18.1 Å². The summed E-state index contributed by atoms with van der Waals surface area (Å²) in [5.41, 5.74) is 0. The smallest absolute Gasteiger partial charge is 0.453 e. The first kappa shape index (κ1) is 19.5. The Morgan fingerprint density at radius 3 is 2.63 bits per heavy atom. The van der Waals surface area contributed by atoms with Crippen LogP contribution >= 0.6 is 35.4 Å². The Bertz CT molecular complexity index is 1020. The SMILES string of the molecule is FC(F)(F)c1n[nH]c(=S)n1/N=C/c1ccc(COc2c(Cl)cccc2Cl)o1. The lowest BCUT2D eigenvalue weighted by Gasteiger charge is -2.07. The van der Waals surface area contributed by atoms with Crippen molar-refractivity contribution < 1.29 is 22.3 Å². The first-order valence-corrected chi connectivity index (χ1v) is 8.36. The van der Waals surface area contributed by atoms with Crippen molar-refractivity contribution in [2.45, 2.75) is 12.8 Å². The molecule has 0 bridgehead atoms. The third-order valence-electron chi connectivity index (χ3n) is 3.16. The number of H-pyrrole nitrogens is 1. The van der Waals surface area contributed by atoms with Gasteiger partial charge in [0, 0.05) is 0 Å². The van der Waals surface area contributed by atoms with E-state index in [4.69, 9.17) is 44.6 Å². The average molecular weight is 437 g/mol. The van der Waals surface area contributed by atoms with E-state index in [9.17, 15) is 13.2 Å². The van der Waals surface area contributed by atoms with Gasteiger partial charge in [-0.15, -0.1) is 5.10 Å². The van der Waals surface area contributed by atoms with Crippen molar-refractivity contribution in [3.63, 3.8) is 0 Å². The predicted octanol–water partition coefficient (Wildman–Crippen LogP) is 5.32. The summed E-state index contributed by atoms with van der Waals surface area (Å²) in [6.07, 6.45) is -3.63. The lowest BCUT2D eigenvalue weighted by molar-refractivity contribution is -0.147. The number of aromatic amines is 1. The average Bonchev–Trinajstić information content (AvgIpc) is 3.18. The van der Waals surface area contributed by atoms with Crippen LogP contribution in [0.1, 0.15) is 17.3 Å². The van der Waals surface area contributed by atoms with Crippen LogP contribution in [0.25, 0.3) is 0 Å². The Hall–Kier alpha value is -2.30. The zero-order valence-electron chi connectivity index (χ0n) is 13.1. The maximum Gasteiger partial charge on any atom is 0.453 e. The normalized spacial score (nSPS) is 12.0. The third-order valence-corrected chi connectivity index (χ3v) is 4.02. The minimum atomic E-state index is -4.71. The van der Waals surface area contributed by atoms with Crippen molar-refractivity contribution >= 4 is 41.6 Å².